The molecule has 0 spiro atoms. The Balaban J connectivity index is 1.50. The Morgan fingerprint density at radius 2 is 1.45 bits per heavy atom. The number of Topliss-reactive ketones (excluding diaryl/α,β-unsaturated/α-hetero) is 1. The van der Waals surface area contributed by atoms with Gasteiger partial charge in [-0.3, -0.25) is 14.4 Å². The number of benzene rings is 3. The normalized spacial score (nSPS) is 25.1. The SMILES string of the molecule is O=C(c1ccc(Cl)cc1)[C@@H]1[C@@H]2C(=O)N(c3ccccc3)C(=O)[C@@H]2[C@H]2c3ccccc3C=CN12. The molecule has 6 rings (SSSR count). The van der Waals surface area contributed by atoms with Crippen molar-refractivity contribution in [1.29, 1.82) is 0 Å². The molecule has 0 aromatic heterocycles. The summed E-state index contributed by atoms with van der Waals surface area (Å²) in [4.78, 5) is 44.4. The van der Waals surface area contributed by atoms with E-state index in [1.165, 1.54) is 4.90 Å². The lowest BCUT2D eigenvalue weighted by atomic mass is 9.83. The van der Waals surface area contributed by atoms with Crippen LogP contribution in [0.5, 0.6) is 0 Å². The number of fused-ring (bicyclic) bond motifs is 5. The maximum absolute atomic E-state index is 13.8. The van der Waals surface area contributed by atoms with Crippen molar-refractivity contribution in [3.8, 4) is 0 Å². The number of carbonyl (C=O) groups is 3. The number of imide groups is 1. The minimum absolute atomic E-state index is 0.191. The number of para-hydroxylation sites is 1. The lowest BCUT2D eigenvalue weighted by Gasteiger charge is -2.35. The first-order valence-corrected chi connectivity index (χ1v) is 11.2. The molecule has 0 saturated carbocycles. The highest BCUT2D eigenvalue weighted by molar-refractivity contribution is 6.30. The van der Waals surface area contributed by atoms with Crippen LogP contribution in [0.25, 0.3) is 6.08 Å². The number of nitrogens with zero attached hydrogens (tertiary/aromatic N) is 2. The second-order valence-corrected chi connectivity index (χ2v) is 8.99. The lowest BCUT2D eigenvalue weighted by Crippen LogP contribution is -2.44. The fourth-order valence-electron chi connectivity index (χ4n) is 5.47. The molecule has 2 amide bonds. The lowest BCUT2D eigenvalue weighted by molar-refractivity contribution is -0.123. The molecule has 5 nitrogen and oxygen atoms in total. The topological polar surface area (TPSA) is 57.7 Å². The molecule has 3 aromatic rings. The molecule has 0 unspecified atom stereocenters. The number of ketones is 1. The maximum Gasteiger partial charge on any atom is 0.240 e. The van der Waals surface area contributed by atoms with Crippen molar-refractivity contribution in [3.63, 3.8) is 0 Å². The van der Waals surface area contributed by atoms with E-state index in [2.05, 4.69) is 0 Å². The summed E-state index contributed by atoms with van der Waals surface area (Å²) in [5.41, 5.74) is 2.95. The molecule has 3 aliphatic rings. The minimum atomic E-state index is -0.782. The summed E-state index contributed by atoms with van der Waals surface area (Å²) >= 11 is 6.02. The smallest absolute Gasteiger partial charge is 0.240 e. The van der Waals surface area contributed by atoms with Gasteiger partial charge in [-0.15, -0.1) is 0 Å². The molecule has 3 aromatic carbocycles. The van der Waals surface area contributed by atoms with Crippen LogP contribution < -0.4 is 4.90 Å². The van der Waals surface area contributed by atoms with Crippen molar-refractivity contribution < 1.29 is 14.4 Å². The van der Waals surface area contributed by atoms with Crippen molar-refractivity contribution in [2.45, 2.75) is 12.1 Å². The predicted molar refractivity (Wildman–Crippen MR) is 126 cm³/mol. The molecule has 6 heteroatoms. The third-order valence-electron chi connectivity index (χ3n) is 6.87. The summed E-state index contributed by atoms with van der Waals surface area (Å²) in [6, 6.07) is 22.3. The van der Waals surface area contributed by atoms with Gasteiger partial charge in [0.25, 0.3) is 0 Å². The summed E-state index contributed by atoms with van der Waals surface area (Å²) in [6.07, 6.45) is 3.80. The fraction of sp³-hybridized carbons (Fsp3) is 0.148. The van der Waals surface area contributed by atoms with Gasteiger partial charge in [-0.25, -0.2) is 4.90 Å². The molecule has 3 heterocycles. The van der Waals surface area contributed by atoms with Crippen LogP contribution in [0.3, 0.4) is 0 Å². The highest BCUT2D eigenvalue weighted by atomic mass is 35.5. The van der Waals surface area contributed by atoms with Gasteiger partial charge in [0, 0.05) is 16.8 Å². The van der Waals surface area contributed by atoms with Crippen molar-refractivity contribution in [3.05, 3.63) is 107 Å². The molecule has 0 bridgehead atoms. The molecule has 0 N–H and O–H groups in total. The molecule has 33 heavy (non-hydrogen) atoms. The van der Waals surface area contributed by atoms with Crippen molar-refractivity contribution in [2.24, 2.45) is 11.8 Å². The van der Waals surface area contributed by atoms with Gasteiger partial charge in [-0.05, 0) is 53.6 Å². The zero-order chi connectivity index (χ0) is 22.7. The molecule has 162 valence electrons. The quantitative estimate of drug-likeness (QED) is 0.424. The first kappa shape index (κ1) is 19.9. The van der Waals surface area contributed by atoms with E-state index in [-0.39, 0.29) is 23.6 Å². The molecule has 3 aliphatic heterocycles. The number of hydrogen-bond acceptors (Lipinski definition) is 4. The van der Waals surface area contributed by atoms with E-state index in [0.29, 0.717) is 16.3 Å². The molecule has 2 saturated heterocycles. The van der Waals surface area contributed by atoms with E-state index in [9.17, 15) is 14.4 Å². The molecule has 4 atom stereocenters. The van der Waals surface area contributed by atoms with Crippen LogP contribution in [0.15, 0.2) is 85.1 Å². The van der Waals surface area contributed by atoms with Gasteiger partial charge in [0.15, 0.2) is 5.78 Å². The summed E-state index contributed by atoms with van der Waals surface area (Å²) in [5, 5.41) is 0.530. The van der Waals surface area contributed by atoms with Crippen LogP contribution in [0.2, 0.25) is 5.02 Å². The van der Waals surface area contributed by atoms with Gasteiger partial charge in [-0.1, -0.05) is 54.1 Å². The standard InChI is InChI=1S/C27H19ClN2O3/c28-18-12-10-17(11-13-18)25(31)24-22-21(23-20-9-5-4-6-16(20)14-15-29(23)24)26(32)30(27(22)33)19-7-2-1-3-8-19/h1-15,21-24H/t21-,22+,23+,24-/m0/s1. The number of hydrogen-bond donors (Lipinski definition) is 0. The second kappa shape index (κ2) is 7.42. The molecular weight excluding hydrogens is 436 g/mol. The van der Waals surface area contributed by atoms with Crippen molar-refractivity contribution >= 4 is 41.0 Å². The summed E-state index contributed by atoms with van der Waals surface area (Å²) in [6.45, 7) is 0. The Morgan fingerprint density at radius 1 is 0.788 bits per heavy atom. The molecule has 2 fully saturated rings. The van der Waals surface area contributed by atoms with Gasteiger partial charge in [-0.2, -0.15) is 0 Å². The summed E-state index contributed by atoms with van der Waals surface area (Å²) in [7, 11) is 0. The van der Waals surface area contributed by atoms with E-state index in [0.717, 1.165) is 11.1 Å². The van der Waals surface area contributed by atoms with E-state index in [1.807, 2.05) is 47.5 Å². The molecule has 0 aliphatic carbocycles. The van der Waals surface area contributed by atoms with Gasteiger partial charge in [0.1, 0.15) is 6.04 Å². The number of carbonyl (C=O) groups excluding carboxylic acids is 3. The summed E-state index contributed by atoms with van der Waals surface area (Å²) in [5.74, 6) is -2.21. The first-order chi connectivity index (χ1) is 16.1. The van der Waals surface area contributed by atoms with Gasteiger partial charge in [0.2, 0.25) is 11.8 Å². The Morgan fingerprint density at radius 3 is 2.21 bits per heavy atom. The van der Waals surface area contributed by atoms with E-state index >= 15 is 0 Å². The summed E-state index contributed by atoms with van der Waals surface area (Å²) < 4.78 is 0. The van der Waals surface area contributed by atoms with Crippen LogP contribution in [-0.2, 0) is 9.59 Å². The third-order valence-corrected chi connectivity index (χ3v) is 7.13. The highest BCUT2D eigenvalue weighted by Gasteiger charge is 2.64. The van der Waals surface area contributed by atoms with Crippen LogP contribution in [0, 0.1) is 11.8 Å². The number of rotatable bonds is 3. The predicted octanol–water partition coefficient (Wildman–Crippen LogP) is 4.74. The first-order valence-electron chi connectivity index (χ1n) is 10.8. The van der Waals surface area contributed by atoms with Gasteiger partial charge >= 0.3 is 0 Å². The molecule has 0 radical (unpaired) electrons. The van der Waals surface area contributed by atoms with Crippen LogP contribution in [0.1, 0.15) is 27.5 Å². The molecular formula is C27H19ClN2O3. The Labute approximate surface area is 195 Å². The zero-order valence-electron chi connectivity index (χ0n) is 17.5. The van der Waals surface area contributed by atoms with Crippen LogP contribution >= 0.6 is 11.6 Å². The third kappa shape index (κ3) is 2.89. The second-order valence-electron chi connectivity index (χ2n) is 8.55. The number of halogens is 1. The minimum Gasteiger partial charge on any atom is -0.358 e. The van der Waals surface area contributed by atoms with E-state index < -0.39 is 17.9 Å². The maximum atomic E-state index is 13.8. The highest BCUT2D eigenvalue weighted by Crippen LogP contribution is 2.53. The Kier molecular flexibility index (Phi) is 4.49. The van der Waals surface area contributed by atoms with Crippen LogP contribution in [-0.4, -0.2) is 28.5 Å². The van der Waals surface area contributed by atoms with Crippen molar-refractivity contribution in [1.82, 2.24) is 4.90 Å². The number of amides is 2. The Bertz CT molecular complexity index is 1320. The van der Waals surface area contributed by atoms with E-state index in [1.54, 1.807) is 48.5 Å². The van der Waals surface area contributed by atoms with Gasteiger partial charge < -0.3 is 4.90 Å². The van der Waals surface area contributed by atoms with Crippen molar-refractivity contribution in [2.75, 3.05) is 4.90 Å². The van der Waals surface area contributed by atoms with Crippen LogP contribution in [0.4, 0.5) is 5.69 Å². The van der Waals surface area contributed by atoms with Gasteiger partial charge in [0.05, 0.1) is 23.6 Å². The monoisotopic (exact) mass is 454 g/mol. The average molecular weight is 455 g/mol. The zero-order valence-corrected chi connectivity index (χ0v) is 18.2. The average Bonchev–Trinajstić information content (AvgIpc) is 3.32. The van der Waals surface area contributed by atoms with E-state index in [4.69, 9.17) is 11.6 Å². The Hall–Kier alpha value is -3.70. The largest absolute Gasteiger partial charge is 0.358 e. The number of anilines is 1. The fourth-order valence-corrected chi connectivity index (χ4v) is 5.60.